The van der Waals surface area contributed by atoms with E-state index in [4.69, 9.17) is 44.8 Å². The Kier molecular flexibility index (Phi) is 7.39. The molecule has 10 atom stereocenters. The fraction of sp³-hybridized carbons (Fsp3) is 0.500. The van der Waals surface area contributed by atoms with Gasteiger partial charge < -0.3 is 41.6 Å². The molecule has 3 saturated heterocycles. The Hall–Kier alpha value is -3.64. The number of anilines is 2. The molecule has 4 aromatic rings. The molecular weight excluding hydrogens is 664 g/mol. The smallest absolute Gasteiger partial charge is 0.386 e. The van der Waals surface area contributed by atoms with Crippen LogP contribution in [0.4, 0.5) is 11.9 Å². The molecule has 24 nitrogen and oxygen atoms in total. The molecule has 0 saturated carbocycles. The Labute approximate surface area is 253 Å². The van der Waals surface area contributed by atoms with E-state index in [2.05, 4.69) is 29.9 Å². The number of imidazole rings is 2. The van der Waals surface area contributed by atoms with Gasteiger partial charge in [0.15, 0.2) is 34.8 Å². The Bertz CT molecular complexity index is 1900. The van der Waals surface area contributed by atoms with Gasteiger partial charge in [0.25, 0.3) is 11.1 Å². The second-order valence-corrected chi connectivity index (χ2v) is 13.2. The van der Waals surface area contributed by atoms with Crippen LogP contribution in [0.2, 0.25) is 0 Å². The van der Waals surface area contributed by atoms with Crippen molar-refractivity contribution >= 4 is 49.9 Å². The van der Waals surface area contributed by atoms with E-state index in [0.717, 1.165) is 10.9 Å². The van der Waals surface area contributed by atoms with Gasteiger partial charge in [-0.3, -0.25) is 46.8 Å². The van der Waals surface area contributed by atoms with Crippen molar-refractivity contribution in [1.29, 1.82) is 0 Å². The largest absolute Gasteiger partial charge is 0.472 e. The summed E-state index contributed by atoms with van der Waals surface area (Å²) in [5, 5.41) is 11.1. The van der Waals surface area contributed by atoms with E-state index in [1.807, 2.05) is 0 Å². The molecule has 7 heterocycles. The molecule has 248 valence electrons. The fourth-order valence-corrected chi connectivity index (χ4v) is 7.40. The van der Waals surface area contributed by atoms with Crippen LogP contribution in [0.1, 0.15) is 12.5 Å². The predicted octanol–water partition coefficient (Wildman–Crippen LogP) is -3.08. The molecule has 46 heavy (non-hydrogen) atoms. The maximum absolute atomic E-state index is 13.1. The number of aromatic nitrogens is 8. The van der Waals surface area contributed by atoms with Gasteiger partial charge in [0.1, 0.15) is 30.5 Å². The monoisotopic (exact) mass is 689 g/mol. The number of aliphatic hydroxyl groups is 1. The number of phosphoric acid groups is 2. The van der Waals surface area contributed by atoms with Gasteiger partial charge in [-0.25, -0.2) is 19.1 Å². The van der Waals surface area contributed by atoms with Crippen LogP contribution in [0, 0.1) is 0 Å². The average molecular weight is 689 g/mol. The molecule has 6 unspecified atom stereocenters. The number of nitrogens with two attached hydrogens (primary N) is 3. The number of nitrogens with zero attached hydrogens (tertiary/aromatic N) is 6. The second-order valence-electron chi connectivity index (χ2n) is 10.4. The van der Waals surface area contributed by atoms with E-state index < -0.39 is 89.0 Å². The Balaban J connectivity index is 1.18. The number of ether oxygens (including phenoxy) is 2. The predicted molar refractivity (Wildman–Crippen MR) is 148 cm³/mol. The summed E-state index contributed by atoms with van der Waals surface area (Å²) in [7, 11) is -10.1. The van der Waals surface area contributed by atoms with E-state index in [-0.39, 0.29) is 34.2 Å². The number of rotatable bonds is 2. The highest BCUT2D eigenvalue weighted by molar-refractivity contribution is 7.47. The summed E-state index contributed by atoms with van der Waals surface area (Å²) in [4.78, 5) is 66.2. The van der Waals surface area contributed by atoms with Crippen molar-refractivity contribution in [2.75, 3.05) is 24.7 Å². The molecule has 0 radical (unpaired) electrons. The van der Waals surface area contributed by atoms with Crippen molar-refractivity contribution in [3.63, 3.8) is 0 Å². The lowest BCUT2D eigenvalue weighted by molar-refractivity contribution is -0.0662. The van der Waals surface area contributed by atoms with Crippen LogP contribution in [0.3, 0.4) is 0 Å². The highest BCUT2D eigenvalue weighted by Crippen LogP contribution is 2.53. The van der Waals surface area contributed by atoms with Crippen LogP contribution in [0.15, 0.2) is 22.2 Å². The molecule has 3 aliphatic rings. The molecule has 7 rings (SSSR count). The minimum absolute atomic E-state index is 0.0405. The summed E-state index contributed by atoms with van der Waals surface area (Å²) >= 11 is 0. The first-order valence-corrected chi connectivity index (χ1v) is 16.2. The minimum atomic E-state index is -5.06. The van der Waals surface area contributed by atoms with E-state index in [9.17, 15) is 33.6 Å². The molecule has 0 amide bonds. The van der Waals surface area contributed by atoms with Gasteiger partial charge in [0.2, 0.25) is 11.9 Å². The third kappa shape index (κ3) is 5.33. The standard InChI is InChI=1S/C20H25N11O13P2/c21-7-11-5(41-17(7)30-3-24-8-13(30)26-19(22)28-15(8)33)1-39-46(37,38)44-12-6(2-40-45(35,36)43-11)42-18(10(12)32)31-4-25-9-14(31)27-20(23)29-16(9)34/h3-7,10-12,17-18,32H,1-2,21H2,(H,35,36)(H,37,38)(H3,22,26,28,33)(H3,23,27,29,34)/t5-,6-,7?,10?,11?,12?,17-,18-/m1/s1. The maximum atomic E-state index is 13.1. The number of aromatic amines is 2. The molecule has 0 bridgehead atoms. The first-order chi connectivity index (χ1) is 21.7. The topological polar surface area (TPSA) is 355 Å². The van der Waals surface area contributed by atoms with Crippen LogP contribution in [0.5, 0.6) is 0 Å². The lowest BCUT2D eigenvalue weighted by atomic mass is 10.1. The number of hydrogen-bond donors (Lipinski definition) is 8. The van der Waals surface area contributed by atoms with Gasteiger partial charge >= 0.3 is 15.6 Å². The van der Waals surface area contributed by atoms with E-state index in [1.54, 1.807) is 0 Å². The van der Waals surface area contributed by atoms with Crippen molar-refractivity contribution in [3.8, 4) is 0 Å². The zero-order chi connectivity index (χ0) is 32.7. The second kappa shape index (κ2) is 11.0. The Morgan fingerprint density at radius 2 is 1.26 bits per heavy atom. The van der Waals surface area contributed by atoms with Crippen molar-refractivity contribution in [3.05, 3.63) is 33.4 Å². The number of fused-ring (bicyclic) bond motifs is 4. The molecule has 0 aromatic carbocycles. The van der Waals surface area contributed by atoms with E-state index >= 15 is 0 Å². The van der Waals surface area contributed by atoms with Gasteiger partial charge in [0.05, 0.1) is 31.9 Å². The number of nitrogens with one attached hydrogen (secondary N) is 2. The molecule has 0 aliphatic carbocycles. The average Bonchev–Trinajstić information content (AvgIpc) is 3.72. The van der Waals surface area contributed by atoms with Crippen molar-refractivity contribution < 1.29 is 51.6 Å². The normalized spacial score (nSPS) is 37.1. The lowest BCUT2D eigenvalue weighted by Gasteiger charge is -2.28. The molecule has 3 fully saturated rings. The number of H-pyrrole nitrogens is 2. The summed E-state index contributed by atoms with van der Waals surface area (Å²) in [6.45, 7) is -1.62. The minimum Gasteiger partial charge on any atom is -0.386 e. The highest BCUT2D eigenvalue weighted by atomic mass is 31.2. The van der Waals surface area contributed by atoms with E-state index in [0.29, 0.717) is 0 Å². The third-order valence-corrected chi connectivity index (χ3v) is 9.43. The molecule has 4 aromatic heterocycles. The SMILES string of the molecule is Nc1nc2c(ncn2[C@@H]2O[C@@H]3COP(=O)(O)OC4C(O)[C@H](n5cnc6c(=O)[nH]c(N)nc65)O[C@@H]4COP(=O)(O)OC3C2N)c(=O)[nH]1. The van der Waals surface area contributed by atoms with Crippen LogP contribution in [0.25, 0.3) is 22.3 Å². The summed E-state index contributed by atoms with van der Waals surface area (Å²) in [5.74, 6) is -0.510. The molecule has 0 spiro atoms. The molecule has 11 N–H and O–H groups in total. The fourth-order valence-electron chi connectivity index (χ4n) is 5.46. The zero-order valence-electron chi connectivity index (χ0n) is 22.9. The van der Waals surface area contributed by atoms with Crippen LogP contribution in [-0.2, 0) is 36.7 Å². The van der Waals surface area contributed by atoms with E-state index in [1.165, 1.54) is 10.9 Å². The summed E-state index contributed by atoms with van der Waals surface area (Å²) in [6.07, 6.45) is -8.33. The lowest BCUT2D eigenvalue weighted by Crippen LogP contribution is -2.42. The van der Waals surface area contributed by atoms with Gasteiger partial charge in [-0.1, -0.05) is 0 Å². The Morgan fingerprint density at radius 1 is 0.804 bits per heavy atom. The number of hydrogen-bond acceptors (Lipinski definition) is 18. The van der Waals surface area contributed by atoms with Gasteiger partial charge in [-0.2, -0.15) is 9.97 Å². The first kappa shape index (κ1) is 31.0. The van der Waals surface area contributed by atoms with Gasteiger partial charge in [-0.15, -0.1) is 0 Å². The molecular formula is C20H25N11O13P2. The van der Waals surface area contributed by atoms with Crippen molar-refractivity contribution in [2.24, 2.45) is 5.73 Å². The zero-order valence-corrected chi connectivity index (χ0v) is 24.7. The number of nitrogen functional groups attached to an aromatic ring is 2. The van der Waals surface area contributed by atoms with Crippen LogP contribution in [-0.4, -0.2) is 104 Å². The molecule has 26 heteroatoms. The van der Waals surface area contributed by atoms with Crippen molar-refractivity contribution in [2.45, 2.75) is 49.0 Å². The highest BCUT2D eigenvalue weighted by Gasteiger charge is 2.53. The quantitative estimate of drug-likeness (QED) is 0.0967. The van der Waals surface area contributed by atoms with Crippen LogP contribution < -0.4 is 28.3 Å². The number of phosphoric ester groups is 2. The maximum Gasteiger partial charge on any atom is 0.472 e. The first-order valence-electron chi connectivity index (χ1n) is 13.2. The molecule has 3 aliphatic heterocycles. The van der Waals surface area contributed by atoms with Gasteiger partial charge in [0, 0.05) is 0 Å². The van der Waals surface area contributed by atoms with Gasteiger partial charge in [-0.05, 0) is 0 Å². The summed E-state index contributed by atoms with van der Waals surface area (Å²) < 4.78 is 61.2. The summed E-state index contributed by atoms with van der Waals surface area (Å²) in [5.41, 5.74) is 15.9. The Morgan fingerprint density at radius 3 is 1.80 bits per heavy atom. The number of aliphatic hydroxyl groups excluding tert-OH is 1. The third-order valence-electron chi connectivity index (χ3n) is 7.46. The van der Waals surface area contributed by atoms with Crippen molar-refractivity contribution in [1.82, 2.24) is 39.0 Å². The summed E-state index contributed by atoms with van der Waals surface area (Å²) in [6, 6.07) is -1.29. The van der Waals surface area contributed by atoms with Crippen LogP contribution >= 0.6 is 15.6 Å².